The molecule has 3 rings (SSSR count). The Hall–Kier alpha value is -3.43. The number of anilines is 2. The molecule has 0 radical (unpaired) electrons. The fourth-order valence-electron chi connectivity index (χ4n) is 1.92. The maximum Gasteiger partial charge on any atom is 0.322 e. The van der Waals surface area contributed by atoms with Gasteiger partial charge in [0.1, 0.15) is 12.1 Å². The number of rotatable bonds is 4. The van der Waals surface area contributed by atoms with Gasteiger partial charge in [0.05, 0.1) is 6.20 Å². The highest BCUT2D eigenvalue weighted by molar-refractivity contribution is 5.92. The van der Waals surface area contributed by atoms with Crippen LogP contribution in [0.5, 0.6) is 0 Å². The Bertz CT molecular complexity index is 883. The number of carbonyl (C=O) groups is 2. The van der Waals surface area contributed by atoms with Crippen LogP contribution in [0, 0.1) is 0 Å². The number of amides is 3. The molecular weight excluding hydrogens is 314 g/mol. The Morgan fingerprint density at radius 1 is 1.29 bits per heavy atom. The van der Waals surface area contributed by atoms with Gasteiger partial charge in [0.25, 0.3) is 0 Å². The van der Waals surface area contributed by atoms with E-state index in [4.69, 9.17) is 4.42 Å². The number of hydrogen-bond donors (Lipinski definition) is 2. The van der Waals surface area contributed by atoms with Crippen LogP contribution in [0.4, 0.5) is 16.3 Å². The Morgan fingerprint density at radius 3 is 2.92 bits per heavy atom. The molecule has 0 saturated heterocycles. The molecule has 2 N–H and O–H groups in total. The summed E-state index contributed by atoms with van der Waals surface area (Å²) in [6.07, 6.45) is 2.71. The first kappa shape index (κ1) is 15.5. The number of benzene rings is 1. The molecular formula is C14H15N7O3. The summed E-state index contributed by atoms with van der Waals surface area (Å²) in [5, 5.41) is 13.2. The van der Waals surface area contributed by atoms with Crippen molar-refractivity contribution in [3.05, 3.63) is 30.8 Å². The van der Waals surface area contributed by atoms with Crippen LogP contribution in [0.15, 0.2) is 35.2 Å². The lowest BCUT2D eigenvalue weighted by molar-refractivity contribution is -0.117. The Labute approximate surface area is 136 Å². The molecule has 0 aliphatic rings. The molecule has 124 valence electrons. The van der Waals surface area contributed by atoms with E-state index in [2.05, 4.69) is 25.8 Å². The van der Waals surface area contributed by atoms with E-state index in [-0.39, 0.29) is 24.3 Å². The van der Waals surface area contributed by atoms with Crippen LogP contribution in [0.25, 0.3) is 11.1 Å². The molecule has 10 heteroatoms. The van der Waals surface area contributed by atoms with Crippen LogP contribution < -0.4 is 10.6 Å². The van der Waals surface area contributed by atoms with Gasteiger partial charge in [0, 0.05) is 19.8 Å². The van der Waals surface area contributed by atoms with E-state index in [0.717, 1.165) is 0 Å². The molecule has 3 amide bonds. The molecule has 0 fully saturated rings. The van der Waals surface area contributed by atoms with Gasteiger partial charge >= 0.3 is 6.03 Å². The lowest BCUT2D eigenvalue weighted by Crippen LogP contribution is -2.27. The number of nitrogens with one attached hydrogen (secondary N) is 2. The van der Waals surface area contributed by atoms with Crippen LogP contribution >= 0.6 is 0 Å². The van der Waals surface area contributed by atoms with Gasteiger partial charge in [-0.1, -0.05) is 0 Å². The van der Waals surface area contributed by atoms with E-state index in [1.807, 2.05) is 0 Å². The molecule has 0 aliphatic heterocycles. The summed E-state index contributed by atoms with van der Waals surface area (Å²) in [6.45, 7) is -0.0886. The summed E-state index contributed by atoms with van der Waals surface area (Å²) in [5.74, 6) is -0.0375. The standard InChI is InChI=1S/C14H15N7O3/c1-20(2)14(23)18-12-6-16-21(19-12)7-13(22)17-9-3-4-11-10(5-9)15-8-24-11/h3-6,8H,7H2,1-2H3,(H,17,22)(H,18,19,23). The smallest absolute Gasteiger partial charge is 0.322 e. The maximum absolute atomic E-state index is 12.0. The van der Waals surface area contributed by atoms with Crippen molar-refractivity contribution in [3.8, 4) is 0 Å². The van der Waals surface area contributed by atoms with E-state index in [1.165, 1.54) is 22.3 Å². The van der Waals surface area contributed by atoms with Crippen LogP contribution in [0.1, 0.15) is 0 Å². The average Bonchev–Trinajstić information content (AvgIpc) is 3.15. The van der Waals surface area contributed by atoms with Crippen molar-refractivity contribution in [2.75, 3.05) is 24.7 Å². The van der Waals surface area contributed by atoms with E-state index in [9.17, 15) is 9.59 Å². The molecule has 0 unspecified atom stereocenters. The predicted molar refractivity (Wildman–Crippen MR) is 85.4 cm³/mol. The second-order valence-electron chi connectivity index (χ2n) is 5.17. The minimum absolute atomic E-state index is 0.0886. The number of aromatic nitrogens is 4. The third-order valence-electron chi connectivity index (χ3n) is 3.08. The molecule has 24 heavy (non-hydrogen) atoms. The fraction of sp³-hybridized carbons (Fsp3) is 0.214. The van der Waals surface area contributed by atoms with Crippen LogP contribution in [-0.4, -0.2) is 50.9 Å². The fourth-order valence-corrected chi connectivity index (χ4v) is 1.92. The van der Waals surface area contributed by atoms with Gasteiger partial charge in [-0.05, 0) is 18.2 Å². The lowest BCUT2D eigenvalue weighted by Gasteiger charge is -2.09. The van der Waals surface area contributed by atoms with Gasteiger partial charge in [-0.25, -0.2) is 9.78 Å². The van der Waals surface area contributed by atoms with Crippen molar-refractivity contribution in [3.63, 3.8) is 0 Å². The number of nitrogens with zero attached hydrogens (tertiary/aromatic N) is 5. The second kappa shape index (κ2) is 6.36. The van der Waals surface area contributed by atoms with Crippen molar-refractivity contribution in [1.82, 2.24) is 24.9 Å². The van der Waals surface area contributed by atoms with Gasteiger partial charge in [-0.3, -0.25) is 10.1 Å². The molecule has 10 nitrogen and oxygen atoms in total. The van der Waals surface area contributed by atoms with Crippen molar-refractivity contribution in [2.24, 2.45) is 0 Å². The van der Waals surface area contributed by atoms with Crippen LogP contribution in [-0.2, 0) is 11.3 Å². The first-order chi connectivity index (χ1) is 11.5. The first-order valence-electron chi connectivity index (χ1n) is 7.03. The summed E-state index contributed by atoms with van der Waals surface area (Å²) < 4.78 is 5.14. The molecule has 0 atom stereocenters. The summed E-state index contributed by atoms with van der Waals surface area (Å²) in [6, 6.07) is 4.81. The molecule has 0 spiro atoms. The quantitative estimate of drug-likeness (QED) is 0.741. The number of oxazole rings is 1. The van der Waals surface area contributed by atoms with Crippen LogP contribution in [0.3, 0.4) is 0 Å². The summed E-state index contributed by atoms with van der Waals surface area (Å²) in [5.41, 5.74) is 1.89. The number of fused-ring (bicyclic) bond motifs is 1. The largest absolute Gasteiger partial charge is 0.443 e. The van der Waals surface area contributed by atoms with E-state index >= 15 is 0 Å². The topological polar surface area (TPSA) is 118 Å². The third-order valence-corrected chi connectivity index (χ3v) is 3.08. The maximum atomic E-state index is 12.0. The zero-order chi connectivity index (χ0) is 17.1. The second-order valence-corrected chi connectivity index (χ2v) is 5.17. The van der Waals surface area contributed by atoms with Crippen molar-refractivity contribution in [1.29, 1.82) is 0 Å². The van der Waals surface area contributed by atoms with Gasteiger partial charge in [-0.15, -0.1) is 5.10 Å². The number of carbonyl (C=O) groups excluding carboxylic acids is 2. The summed E-state index contributed by atoms with van der Waals surface area (Å²) >= 11 is 0. The summed E-state index contributed by atoms with van der Waals surface area (Å²) in [4.78, 5) is 30.1. The Morgan fingerprint density at radius 2 is 2.12 bits per heavy atom. The van der Waals surface area contributed by atoms with Gasteiger partial charge in [0.2, 0.25) is 5.91 Å². The number of hydrogen-bond acceptors (Lipinski definition) is 6. The van der Waals surface area contributed by atoms with E-state index in [0.29, 0.717) is 16.8 Å². The summed E-state index contributed by atoms with van der Waals surface area (Å²) in [7, 11) is 3.22. The highest BCUT2D eigenvalue weighted by atomic mass is 16.3. The average molecular weight is 329 g/mol. The normalized spacial score (nSPS) is 10.6. The van der Waals surface area contributed by atoms with Crippen molar-refractivity contribution >= 4 is 34.5 Å². The minimum Gasteiger partial charge on any atom is -0.443 e. The third kappa shape index (κ3) is 3.48. The van der Waals surface area contributed by atoms with Gasteiger partial charge < -0.3 is 14.6 Å². The monoisotopic (exact) mass is 329 g/mol. The predicted octanol–water partition coefficient (Wildman–Crippen LogP) is 1.15. The first-order valence-corrected chi connectivity index (χ1v) is 7.03. The van der Waals surface area contributed by atoms with Crippen molar-refractivity contribution in [2.45, 2.75) is 6.54 Å². The van der Waals surface area contributed by atoms with Crippen molar-refractivity contribution < 1.29 is 14.0 Å². The molecule has 1 aromatic carbocycles. The van der Waals surface area contributed by atoms with Gasteiger partial charge in [-0.2, -0.15) is 9.90 Å². The lowest BCUT2D eigenvalue weighted by atomic mass is 10.3. The van der Waals surface area contributed by atoms with Gasteiger partial charge in [0.15, 0.2) is 17.8 Å². The Kier molecular flexibility index (Phi) is 4.10. The molecule has 0 bridgehead atoms. The Balaban J connectivity index is 1.60. The van der Waals surface area contributed by atoms with E-state index < -0.39 is 0 Å². The highest BCUT2D eigenvalue weighted by Crippen LogP contribution is 2.17. The molecule has 2 aromatic heterocycles. The molecule has 0 saturated carbocycles. The molecule has 3 aromatic rings. The SMILES string of the molecule is CN(C)C(=O)Nc1cnn(CC(=O)Nc2ccc3ocnc3c2)n1. The number of urea groups is 1. The van der Waals surface area contributed by atoms with E-state index in [1.54, 1.807) is 32.3 Å². The minimum atomic E-state index is -0.326. The molecule has 0 aliphatic carbocycles. The zero-order valence-electron chi connectivity index (χ0n) is 13.1. The van der Waals surface area contributed by atoms with Crippen LogP contribution in [0.2, 0.25) is 0 Å². The zero-order valence-corrected chi connectivity index (χ0v) is 13.1. The molecule has 2 heterocycles. The highest BCUT2D eigenvalue weighted by Gasteiger charge is 2.10.